The van der Waals surface area contributed by atoms with Gasteiger partial charge in [0.2, 0.25) is 5.82 Å². The molecule has 1 N–H and O–H groups in total. The van der Waals surface area contributed by atoms with E-state index in [-0.39, 0.29) is 11.6 Å². The molecule has 6 heteroatoms. The summed E-state index contributed by atoms with van der Waals surface area (Å²) in [6.07, 6.45) is 3.41. The van der Waals surface area contributed by atoms with E-state index < -0.39 is 0 Å². The number of aryl methyl sites for hydroxylation is 1. The van der Waals surface area contributed by atoms with E-state index in [1.807, 2.05) is 13.0 Å². The minimum absolute atomic E-state index is 0.0925. The summed E-state index contributed by atoms with van der Waals surface area (Å²) in [5.41, 5.74) is 2.30. The highest BCUT2D eigenvalue weighted by molar-refractivity contribution is 9.10. The van der Waals surface area contributed by atoms with Gasteiger partial charge in [0.25, 0.3) is 5.89 Å². The predicted molar refractivity (Wildman–Crippen MR) is 77.1 cm³/mol. The van der Waals surface area contributed by atoms with E-state index in [2.05, 4.69) is 31.1 Å². The van der Waals surface area contributed by atoms with Crippen LogP contribution in [0.5, 0.6) is 5.75 Å². The molecule has 2 aromatic heterocycles. The van der Waals surface area contributed by atoms with Crippen LogP contribution in [-0.4, -0.2) is 20.2 Å². The van der Waals surface area contributed by atoms with Crippen LogP contribution in [0.2, 0.25) is 0 Å². The van der Waals surface area contributed by atoms with Crippen molar-refractivity contribution in [2.24, 2.45) is 0 Å². The molecule has 0 unspecified atom stereocenters. The summed E-state index contributed by atoms with van der Waals surface area (Å²) in [6.45, 7) is 1.93. The van der Waals surface area contributed by atoms with E-state index in [9.17, 15) is 5.11 Å². The van der Waals surface area contributed by atoms with E-state index in [1.54, 1.807) is 30.6 Å². The molecule has 0 spiro atoms. The van der Waals surface area contributed by atoms with Crippen molar-refractivity contribution < 1.29 is 9.63 Å². The Morgan fingerprint density at radius 1 is 1.20 bits per heavy atom. The van der Waals surface area contributed by atoms with Crippen molar-refractivity contribution in [1.82, 2.24) is 15.1 Å². The highest BCUT2D eigenvalue weighted by Gasteiger charge is 2.15. The number of aromatic nitrogens is 3. The number of benzene rings is 1. The average Bonchev–Trinajstić information content (AvgIpc) is 2.91. The van der Waals surface area contributed by atoms with Crippen LogP contribution in [0.3, 0.4) is 0 Å². The van der Waals surface area contributed by atoms with Crippen molar-refractivity contribution in [2.75, 3.05) is 0 Å². The summed E-state index contributed by atoms with van der Waals surface area (Å²) in [7, 11) is 0. The fourth-order valence-electron chi connectivity index (χ4n) is 1.85. The second kappa shape index (κ2) is 5.05. The molecule has 3 aromatic rings. The van der Waals surface area contributed by atoms with Crippen molar-refractivity contribution in [3.05, 3.63) is 46.7 Å². The number of phenols is 1. The number of hydrogen-bond donors (Lipinski definition) is 1. The fourth-order valence-corrected chi connectivity index (χ4v) is 2.21. The van der Waals surface area contributed by atoms with Gasteiger partial charge in [-0.15, -0.1) is 0 Å². The lowest BCUT2D eigenvalue weighted by Gasteiger charge is -1.99. The van der Waals surface area contributed by atoms with Gasteiger partial charge in [-0.3, -0.25) is 4.98 Å². The van der Waals surface area contributed by atoms with E-state index in [0.717, 1.165) is 15.6 Å². The molecule has 5 nitrogen and oxygen atoms in total. The molecule has 0 fully saturated rings. The molecule has 0 saturated carbocycles. The van der Waals surface area contributed by atoms with Crippen LogP contribution in [0.15, 0.2) is 45.7 Å². The lowest BCUT2D eigenvalue weighted by atomic mass is 10.1. The molecule has 20 heavy (non-hydrogen) atoms. The van der Waals surface area contributed by atoms with Gasteiger partial charge in [-0.1, -0.05) is 21.1 Å². The van der Waals surface area contributed by atoms with Crippen LogP contribution in [0.4, 0.5) is 0 Å². The van der Waals surface area contributed by atoms with Crippen molar-refractivity contribution in [3.8, 4) is 28.6 Å². The molecule has 1 aromatic carbocycles. The third-order valence-corrected chi connectivity index (χ3v) is 3.37. The van der Waals surface area contributed by atoms with Gasteiger partial charge in [-0.2, -0.15) is 4.98 Å². The first-order chi connectivity index (χ1) is 9.65. The summed E-state index contributed by atoms with van der Waals surface area (Å²) in [5, 5.41) is 13.8. The second-order valence-corrected chi connectivity index (χ2v) is 5.19. The first-order valence-corrected chi connectivity index (χ1v) is 6.68. The van der Waals surface area contributed by atoms with Crippen LogP contribution in [-0.2, 0) is 0 Å². The van der Waals surface area contributed by atoms with Gasteiger partial charge in [0.05, 0.1) is 5.56 Å². The maximum Gasteiger partial charge on any atom is 0.262 e. The number of aromatic hydroxyl groups is 1. The molecule has 0 atom stereocenters. The lowest BCUT2D eigenvalue weighted by Crippen LogP contribution is -1.86. The topological polar surface area (TPSA) is 72.0 Å². The van der Waals surface area contributed by atoms with E-state index in [4.69, 9.17) is 4.52 Å². The molecular formula is C14H10BrN3O2. The molecule has 2 heterocycles. The fraction of sp³-hybridized carbons (Fsp3) is 0.0714. The Kier molecular flexibility index (Phi) is 3.23. The summed E-state index contributed by atoms with van der Waals surface area (Å²) in [5.74, 6) is 0.837. The quantitative estimate of drug-likeness (QED) is 0.777. The number of rotatable bonds is 2. The van der Waals surface area contributed by atoms with Gasteiger partial charge in [0.1, 0.15) is 5.75 Å². The van der Waals surface area contributed by atoms with Crippen molar-refractivity contribution in [3.63, 3.8) is 0 Å². The van der Waals surface area contributed by atoms with Gasteiger partial charge in [0.15, 0.2) is 0 Å². The largest absolute Gasteiger partial charge is 0.507 e. The third-order valence-electron chi connectivity index (χ3n) is 2.88. The van der Waals surface area contributed by atoms with Crippen molar-refractivity contribution in [2.45, 2.75) is 6.92 Å². The molecule has 0 aliphatic carbocycles. The highest BCUT2D eigenvalue weighted by atomic mass is 79.9. The number of halogens is 1. The first kappa shape index (κ1) is 12.8. The molecule has 100 valence electrons. The monoisotopic (exact) mass is 331 g/mol. The smallest absolute Gasteiger partial charge is 0.262 e. The molecule has 0 amide bonds. The van der Waals surface area contributed by atoms with E-state index in [0.29, 0.717) is 11.4 Å². The molecule has 0 radical (unpaired) electrons. The van der Waals surface area contributed by atoms with Crippen LogP contribution < -0.4 is 0 Å². The first-order valence-electron chi connectivity index (χ1n) is 5.89. The van der Waals surface area contributed by atoms with Gasteiger partial charge < -0.3 is 9.63 Å². The number of pyridine rings is 1. The number of nitrogens with zero attached hydrogens (tertiary/aromatic N) is 3. The summed E-state index contributed by atoms with van der Waals surface area (Å²) in [6, 6.07) is 6.86. The zero-order valence-corrected chi connectivity index (χ0v) is 12.1. The maximum atomic E-state index is 9.86. The molecule has 0 aliphatic rings. The van der Waals surface area contributed by atoms with Gasteiger partial charge in [-0.05, 0) is 36.8 Å². The zero-order chi connectivity index (χ0) is 14.1. The molecule has 3 rings (SSSR count). The van der Waals surface area contributed by atoms with Gasteiger partial charge in [0, 0.05) is 22.4 Å². The molecule has 0 bridgehead atoms. The molecular weight excluding hydrogens is 322 g/mol. The van der Waals surface area contributed by atoms with Crippen molar-refractivity contribution in [1.29, 1.82) is 0 Å². The predicted octanol–water partition coefficient (Wildman–Crippen LogP) is 3.58. The van der Waals surface area contributed by atoms with Crippen LogP contribution in [0.1, 0.15) is 5.56 Å². The Morgan fingerprint density at radius 3 is 2.85 bits per heavy atom. The Labute approximate surface area is 123 Å². The summed E-state index contributed by atoms with van der Waals surface area (Å²) < 4.78 is 6.06. The zero-order valence-electron chi connectivity index (χ0n) is 10.5. The van der Waals surface area contributed by atoms with Crippen LogP contribution in [0.25, 0.3) is 22.8 Å². The minimum Gasteiger partial charge on any atom is -0.507 e. The second-order valence-electron chi connectivity index (χ2n) is 4.28. The SMILES string of the molecule is Cc1cnccc1-c1noc(-c2cc(Br)ccc2O)n1. The average molecular weight is 332 g/mol. The van der Waals surface area contributed by atoms with Crippen LogP contribution in [0, 0.1) is 6.92 Å². The van der Waals surface area contributed by atoms with E-state index in [1.165, 1.54) is 0 Å². The molecule has 0 saturated heterocycles. The summed E-state index contributed by atoms with van der Waals surface area (Å²) in [4.78, 5) is 8.36. The maximum absolute atomic E-state index is 9.86. The Hall–Kier alpha value is -2.21. The normalized spacial score (nSPS) is 10.7. The Morgan fingerprint density at radius 2 is 2.05 bits per heavy atom. The molecule has 0 aliphatic heterocycles. The van der Waals surface area contributed by atoms with Crippen molar-refractivity contribution >= 4 is 15.9 Å². The van der Waals surface area contributed by atoms with Gasteiger partial charge in [-0.25, -0.2) is 0 Å². The standard InChI is InChI=1S/C14H10BrN3O2/c1-8-7-16-5-4-10(8)13-17-14(20-18-13)11-6-9(15)2-3-12(11)19/h2-7,19H,1H3. The highest BCUT2D eigenvalue weighted by Crippen LogP contribution is 2.32. The van der Waals surface area contributed by atoms with Gasteiger partial charge >= 0.3 is 0 Å². The minimum atomic E-state index is 0.0925. The summed E-state index contributed by atoms with van der Waals surface area (Å²) >= 11 is 3.35. The number of hydrogen-bond acceptors (Lipinski definition) is 5. The Bertz CT molecular complexity index is 771. The Balaban J connectivity index is 2.07. The van der Waals surface area contributed by atoms with E-state index >= 15 is 0 Å². The van der Waals surface area contributed by atoms with Crippen LogP contribution >= 0.6 is 15.9 Å². The number of phenolic OH excluding ortho intramolecular Hbond substituents is 1. The lowest BCUT2D eigenvalue weighted by molar-refractivity contribution is 0.425. The third kappa shape index (κ3) is 2.30.